The Kier molecular flexibility index (Phi) is 6.28. The van der Waals surface area contributed by atoms with Crippen LogP contribution in [0, 0.1) is 12.3 Å². The molecule has 1 unspecified atom stereocenters. The fourth-order valence-corrected chi connectivity index (χ4v) is 4.66. The third kappa shape index (κ3) is 3.93. The highest BCUT2D eigenvalue weighted by Crippen LogP contribution is 2.56. The number of hydrogen-bond donors (Lipinski definition) is 1. The number of rotatable bonds is 7. The fraction of sp³-hybridized carbons (Fsp3) is 0.700. The second-order valence-electron chi connectivity index (χ2n) is 7.88. The highest BCUT2D eigenvalue weighted by molar-refractivity contribution is 5.85. The molecule has 0 amide bonds. The summed E-state index contributed by atoms with van der Waals surface area (Å²) in [6, 6.07) is 0.644. The second kappa shape index (κ2) is 8.33. The highest BCUT2D eigenvalue weighted by Gasteiger charge is 2.56. The zero-order valence-electron chi connectivity index (χ0n) is 16.7. The van der Waals surface area contributed by atoms with E-state index in [2.05, 4.69) is 45.0 Å². The van der Waals surface area contributed by atoms with Crippen LogP contribution in [-0.2, 0) is 26.1 Å². The maximum Gasteiger partial charge on any atom is 0.138 e. The van der Waals surface area contributed by atoms with Gasteiger partial charge in [-0.25, -0.2) is 4.98 Å². The van der Waals surface area contributed by atoms with Gasteiger partial charge in [0.25, 0.3) is 0 Å². The van der Waals surface area contributed by atoms with Crippen LogP contribution in [0.15, 0.2) is 16.9 Å². The van der Waals surface area contributed by atoms with Gasteiger partial charge in [0.15, 0.2) is 0 Å². The zero-order valence-corrected chi connectivity index (χ0v) is 17.5. The Balaban J connectivity index is 0.00000210. The largest absolute Gasteiger partial charge is 0.361 e. The van der Waals surface area contributed by atoms with Crippen molar-refractivity contribution in [1.82, 2.24) is 24.9 Å². The Morgan fingerprint density at radius 3 is 2.78 bits per heavy atom. The minimum atomic E-state index is 0. The molecule has 1 saturated carbocycles. The normalized spacial score (nSPS) is 20.8. The van der Waals surface area contributed by atoms with Gasteiger partial charge in [-0.05, 0) is 58.0 Å². The number of aromatic nitrogens is 3. The molecule has 7 heteroatoms. The molecule has 0 radical (unpaired) electrons. The standard InChI is InChI=1S/C20H31N5O.ClH/c1-4-17-16(15(3)26-23-17)13-25(14-19-22-10-11-24(19)5-2)18-12-20(18)6-8-21-9-7-20;/h10-11,18,21H,4-9,12-14H2,1-3H3;1H. The van der Waals surface area contributed by atoms with Crippen LogP contribution in [-0.4, -0.2) is 38.7 Å². The third-order valence-electron chi connectivity index (χ3n) is 6.44. The van der Waals surface area contributed by atoms with Crippen molar-refractivity contribution in [2.24, 2.45) is 5.41 Å². The lowest BCUT2D eigenvalue weighted by Crippen LogP contribution is -2.36. The molecule has 2 aliphatic rings. The van der Waals surface area contributed by atoms with Gasteiger partial charge in [0, 0.05) is 37.1 Å². The van der Waals surface area contributed by atoms with Gasteiger partial charge in [-0.15, -0.1) is 12.4 Å². The molecule has 27 heavy (non-hydrogen) atoms. The molecular weight excluding hydrogens is 362 g/mol. The van der Waals surface area contributed by atoms with Crippen molar-refractivity contribution in [3.05, 3.63) is 35.2 Å². The highest BCUT2D eigenvalue weighted by atomic mass is 35.5. The van der Waals surface area contributed by atoms with Crippen molar-refractivity contribution >= 4 is 12.4 Å². The maximum absolute atomic E-state index is 5.50. The van der Waals surface area contributed by atoms with E-state index in [1.165, 1.54) is 24.8 Å². The van der Waals surface area contributed by atoms with Crippen LogP contribution >= 0.6 is 12.4 Å². The predicted octanol–water partition coefficient (Wildman–Crippen LogP) is 3.33. The minimum absolute atomic E-state index is 0. The number of nitrogens with zero attached hydrogens (tertiary/aromatic N) is 4. The van der Waals surface area contributed by atoms with E-state index in [1.54, 1.807) is 0 Å². The number of halogens is 1. The van der Waals surface area contributed by atoms with Crippen LogP contribution in [0.1, 0.15) is 56.0 Å². The monoisotopic (exact) mass is 393 g/mol. The average Bonchev–Trinajstić information content (AvgIpc) is 3.00. The van der Waals surface area contributed by atoms with Gasteiger partial charge >= 0.3 is 0 Å². The SMILES string of the molecule is CCc1noc(C)c1CN(Cc1nccn1CC)C1CC12CCNCC2.Cl. The smallest absolute Gasteiger partial charge is 0.138 e. The van der Waals surface area contributed by atoms with Crippen molar-refractivity contribution in [2.45, 2.75) is 72.1 Å². The summed E-state index contributed by atoms with van der Waals surface area (Å²) in [6.45, 7) is 11.5. The lowest BCUT2D eigenvalue weighted by atomic mass is 9.93. The van der Waals surface area contributed by atoms with Gasteiger partial charge in [0.2, 0.25) is 0 Å². The molecule has 2 fully saturated rings. The van der Waals surface area contributed by atoms with Gasteiger partial charge in [0.1, 0.15) is 11.6 Å². The van der Waals surface area contributed by atoms with E-state index in [4.69, 9.17) is 4.52 Å². The van der Waals surface area contributed by atoms with Crippen LogP contribution < -0.4 is 5.32 Å². The van der Waals surface area contributed by atoms with Crippen LogP contribution in [0.5, 0.6) is 0 Å². The van der Waals surface area contributed by atoms with Crippen molar-refractivity contribution < 1.29 is 4.52 Å². The first-order valence-corrected chi connectivity index (χ1v) is 10.1. The molecule has 2 aromatic rings. The molecule has 1 N–H and O–H groups in total. The molecule has 1 saturated heterocycles. The van der Waals surface area contributed by atoms with Crippen molar-refractivity contribution in [2.75, 3.05) is 13.1 Å². The van der Waals surface area contributed by atoms with E-state index < -0.39 is 0 Å². The van der Waals surface area contributed by atoms with E-state index in [9.17, 15) is 0 Å². The van der Waals surface area contributed by atoms with Gasteiger partial charge in [0.05, 0.1) is 12.2 Å². The molecular formula is C20H32ClN5O. The van der Waals surface area contributed by atoms with Crippen LogP contribution in [0.2, 0.25) is 0 Å². The molecule has 3 heterocycles. The number of hydrogen-bond acceptors (Lipinski definition) is 5. The molecule has 6 nitrogen and oxygen atoms in total. The molecule has 1 spiro atoms. The van der Waals surface area contributed by atoms with E-state index in [0.717, 1.165) is 56.4 Å². The lowest BCUT2D eigenvalue weighted by molar-refractivity contribution is 0.181. The summed E-state index contributed by atoms with van der Waals surface area (Å²) in [5.41, 5.74) is 2.89. The second-order valence-corrected chi connectivity index (χ2v) is 7.88. The first-order valence-electron chi connectivity index (χ1n) is 10.1. The summed E-state index contributed by atoms with van der Waals surface area (Å²) in [4.78, 5) is 7.27. The number of nitrogens with one attached hydrogen (secondary N) is 1. The van der Waals surface area contributed by atoms with Gasteiger partial charge in [-0.2, -0.15) is 0 Å². The first kappa shape index (κ1) is 20.4. The van der Waals surface area contributed by atoms with Gasteiger partial charge in [-0.1, -0.05) is 12.1 Å². The van der Waals surface area contributed by atoms with E-state index in [0.29, 0.717) is 11.5 Å². The Labute approximate surface area is 168 Å². The Morgan fingerprint density at radius 1 is 1.30 bits per heavy atom. The molecule has 1 aliphatic heterocycles. The number of piperidine rings is 1. The summed E-state index contributed by atoms with van der Waals surface area (Å²) in [5.74, 6) is 2.13. The quantitative estimate of drug-likeness (QED) is 0.781. The van der Waals surface area contributed by atoms with E-state index >= 15 is 0 Å². The topological polar surface area (TPSA) is 59.1 Å². The number of imidazole rings is 1. The molecule has 2 aromatic heterocycles. The van der Waals surface area contributed by atoms with Crippen LogP contribution in [0.3, 0.4) is 0 Å². The molecule has 1 atom stereocenters. The Bertz CT molecular complexity index is 749. The van der Waals surface area contributed by atoms with Crippen LogP contribution in [0.25, 0.3) is 0 Å². The molecule has 150 valence electrons. The number of aryl methyl sites for hydroxylation is 3. The summed E-state index contributed by atoms with van der Waals surface area (Å²) < 4.78 is 7.75. The van der Waals surface area contributed by atoms with E-state index in [-0.39, 0.29) is 12.4 Å². The Morgan fingerprint density at radius 2 is 2.07 bits per heavy atom. The van der Waals surface area contributed by atoms with Gasteiger partial charge in [-0.3, -0.25) is 4.90 Å². The minimum Gasteiger partial charge on any atom is -0.361 e. The van der Waals surface area contributed by atoms with Crippen molar-refractivity contribution in [1.29, 1.82) is 0 Å². The summed E-state index contributed by atoms with van der Waals surface area (Å²) in [6.07, 6.45) is 8.82. The van der Waals surface area contributed by atoms with E-state index in [1.807, 2.05) is 13.1 Å². The molecule has 0 aromatic carbocycles. The summed E-state index contributed by atoms with van der Waals surface area (Å²) in [5, 5.41) is 7.79. The zero-order chi connectivity index (χ0) is 18.1. The van der Waals surface area contributed by atoms with Gasteiger partial charge < -0.3 is 14.4 Å². The maximum atomic E-state index is 5.50. The summed E-state index contributed by atoms with van der Waals surface area (Å²) >= 11 is 0. The third-order valence-corrected chi connectivity index (χ3v) is 6.44. The Hall–Kier alpha value is -1.37. The molecule has 0 bridgehead atoms. The first-order chi connectivity index (χ1) is 12.7. The van der Waals surface area contributed by atoms with Crippen LogP contribution in [0.4, 0.5) is 0 Å². The predicted molar refractivity (Wildman–Crippen MR) is 108 cm³/mol. The molecule has 4 rings (SSSR count). The fourth-order valence-electron chi connectivity index (χ4n) is 4.66. The lowest BCUT2D eigenvalue weighted by Gasteiger charge is -2.29. The van der Waals surface area contributed by atoms with Crippen molar-refractivity contribution in [3.63, 3.8) is 0 Å². The average molecular weight is 394 g/mol. The summed E-state index contributed by atoms with van der Waals surface area (Å²) in [7, 11) is 0. The molecule has 1 aliphatic carbocycles. The van der Waals surface area contributed by atoms with Crippen molar-refractivity contribution in [3.8, 4) is 0 Å².